The molecule has 1 atom stereocenters. The minimum absolute atomic E-state index is 0.0314. The topological polar surface area (TPSA) is 75.6 Å². The molecule has 1 aliphatic heterocycles. The maximum Gasteiger partial charge on any atom is 0.240 e. The van der Waals surface area contributed by atoms with Crippen molar-refractivity contribution < 1.29 is 18.3 Å². The highest BCUT2D eigenvalue weighted by Gasteiger charge is 2.21. The number of hydrogen-bond acceptors (Lipinski definition) is 4. The van der Waals surface area contributed by atoms with Gasteiger partial charge in [-0.3, -0.25) is 0 Å². The molecule has 2 N–H and O–H groups in total. The average Bonchev–Trinajstić information content (AvgIpc) is 2.90. The van der Waals surface area contributed by atoms with Crippen LogP contribution in [0.15, 0.2) is 23.1 Å². The monoisotopic (exact) mass is 285 g/mol. The van der Waals surface area contributed by atoms with E-state index in [4.69, 9.17) is 9.84 Å². The van der Waals surface area contributed by atoms with E-state index in [-0.39, 0.29) is 17.6 Å². The number of ether oxygens (including phenoxy) is 1. The molecule has 1 fully saturated rings. The molecular weight excluding hydrogens is 266 g/mol. The SMILES string of the molecule is Cc1ccc(CO)cc1S(=O)(=O)NCC1CCCO1. The lowest BCUT2D eigenvalue weighted by atomic mass is 10.2. The molecule has 0 radical (unpaired) electrons. The van der Waals surface area contributed by atoms with Gasteiger partial charge >= 0.3 is 0 Å². The summed E-state index contributed by atoms with van der Waals surface area (Å²) in [6, 6.07) is 4.92. The third-order valence-electron chi connectivity index (χ3n) is 3.25. The first-order chi connectivity index (χ1) is 9.03. The summed E-state index contributed by atoms with van der Waals surface area (Å²) < 4.78 is 32.4. The van der Waals surface area contributed by atoms with Crippen LogP contribution in [0.5, 0.6) is 0 Å². The van der Waals surface area contributed by atoms with E-state index >= 15 is 0 Å². The van der Waals surface area contributed by atoms with Crippen LogP contribution in [0.3, 0.4) is 0 Å². The summed E-state index contributed by atoms with van der Waals surface area (Å²) in [4.78, 5) is 0.219. The van der Waals surface area contributed by atoms with Crippen LogP contribution in [0.4, 0.5) is 0 Å². The minimum Gasteiger partial charge on any atom is -0.392 e. The quantitative estimate of drug-likeness (QED) is 0.844. The second kappa shape index (κ2) is 6.00. The normalized spacial score (nSPS) is 19.8. The number of aliphatic hydroxyl groups is 1. The summed E-state index contributed by atoms with van der Waals surface area (Å²) in [6.45, 7) is 2.56. The zero-order chi connectivity index (χ0) is 13.9. The molecule has 0 saturated carbocycles. The second-order valence-corrected chi connectivity index (χ2v) is 6.48. The van der Waals surface area contributed by atoms with Gasteiger partial charge in [0.1, 0.15) is 0 Å². The first-order valence-corrected chi connectivity index (χ1v) is 7.83. The Morgan fingerprint density at radius 1 is 1.47 bits per heavy atom. The molecule has 1 saturated heterocycles. The predicted octanol–water partition coefficient (Wildman–Crippen LogP) is 0.945. The van der Waals surface area contributed by atoms with Gasteiger partial charge in [0, 0.05) is 13.2 Å². The van der Waals surface area contributed by atoms with Crippen molar-refractivity contribution in [1.82, 2.24) is 4.72 Å². The number of hydrogen-bond donors (Lipinski definition) is 2. The first kappa shape index (κ1) is 14.5. The molecule has 1 aromatic rings. The lowest BCUT2D eigenvalue weighted by Crippen LogP contribution is -2.32. The Morgan fingerprint density at radius 2 is 2.26 bits per heavy atom. The number of aryl methyl sites for hydroxylation is 1. The van der Waals surface area contributed by atoms with Crippen LogP contribution < -0.4 is 4.72 Å². The average molecular weight is 285 g/mol. The number of nitrogens with one attached hydrogen (secondary N) is 1. The lowest BCUT2D eigenvalue weighted by molar-refractivity contribution is 0.114. The molecule has 5 nitrogen and oxygen atoms in total. The molecule has 1 heterocycles. The van der Waals surface area contributed by atoms with Crippen molar-refractivity contribution in [2.45, 2.75) is 37.4 Å². The van der Waals surface area contributed by atoms with Gasteiger partial charge in [-0.15, -0.1) is 0 Å². The fourth-order valence-corrected chi connectivity index (χ4v) is 3.48. The lowest BCUT2D eigenvalue weighted by Gasteiger charge is -2.13. The predicted molar refractivity (Wildman–Crippen MR) is 71.3 cm³/mol. The third-order valence-corrected chi connectivity index (χ3v) is 4.82. The fourth-order valence-electron chi connectivity index (χ4n) is 2.12. The van der Waals surface area contributed by atoms with Crippen molar-refractivity contribution in [3.8, 4) is 0 Å². The zero-order valence-electron chi connectivity index (χ0n) is 10.9. The van der Waals surface area contributed by atoms with Gasteiger partial charge in [0.25, 0.3) is 0 Å². The molecule has 0 amide bonds. The Labute approximate surface area is 113 Å². The number of benzene rings is 1. The fraction of sp³-hybridized carbons (Fsp3) is 0.538. The molecule has 0 bridgehead atoms. The molecule has 19 heavy (non-hydrogen) atoms. The van der Waals surface area contributed by atoms with Gasteiger partial charge < -0.3 is 9.84 Å². The maximum absolute atomic E-state index is 12.2. The van der Waals surface area contributed by atoms with Gasteiger partial charge in [0.05, 0.1) is 17.6 Å². The summed E-state index contributed by atoms with van der Waals surface area (Å²) in [6.07, 6.45) is 1.83. The van der Waals surface area contributed by atoms with E-state index in [1.165, 1.54) is 6.07 Å². The summed E-state index contributed by atoms with van der Waals surface area (Å²) in [5.74, 6) is 0. The summed E-state index contributed by atoms with van der Waals surface area (Å²) in [7, 11) is -3.55. The smallest absolute Gasteiger partial charge is 0.240 e. The maximum atomic E-state index is 12.2. The summed E-state index contributed by atoms with van der Waals surface area (Å²) >= 11 is 0. The van der Waals surface area contributed by atoms with E-state index in [9.17, 15) is 8.42 Å². The molecule has 6 heteroatoms. The van der Waals surface area contributed by atoms with Crippen LogP contribution in [0.2, 0.25) is 0 Å². The molecule has 106 valence electrons. The third kappa shape index (κ3) is 3.54. The number of rotatable bonds is 5. The van der Waals surface area contributed by atoms with Crippen molar-refractivity contribution in [1.29, 1.82) is 0 Å². The molecule has 1 aliphatic rings. The van der Waals surface area contributed by atoms with E-state index in [0.29, 0.717) is 24.3 Å². The Hall–Kier alpha value is -0.950. The van der Waals surface area contributed by atoms with Crippen LogP contribution in [0.25, 0.3) is 0 Å². The number of aliphatic hydroxyl groups excluding tert-OH is 1. The van der Waals surface area contributed by atoms with Gasteiger partial charge in [-0.2, -0.15) is 0 Å². The molecule has 1 unspecified atom stereocenters. The Morgan fingerprint density at radius 3 is 2.89 bits per heavy atom. The van der Waals surface area contributed by atoms with Crippen LogP contribution in [-0.4, -0.2) is 32.8 Å². The number of sulfonamides is 1. The van der Waals surface area contributed by atoms with E-state index in [1.807, 2.05) is 0 Å². The largest absolute Gasteiger partial charge is 0.392 e. The van der Waals surface area contributed by atoms with Gasteiger partial charge in [-0.05, 0) is 37.0 Å². The Kier molecular flexibility index (Phi) is 4.57. The van der Waals surface area contributed by atoms with Gasteiger partial charge in [-0.25, -0.2) is 13.1 Å². The second-order valence-electron chi connectivity index (χ2n) is 4.74. The Bertz CT molecular complexity index is 536. The Balaban J connectivity index is 2.13. The molecule has 2 rings (SSSR count). The summed E-state index contributed by atoms with van der Waals surface area (Å²) in [5.41, 5.74) is 1.25. The van der Waals surface area contributed by atoms with E-state index in [1.54, 1.807) is 19.1 Å². The van der Waals surface area contributed by atoms with E-state index in [0.717, 1.165) is 12.8 Å². The zero-order valence-corrected chi connectivity index (χ0v) is 11.7. The molecule has 0 aromatic heterocycles. The standard InChI is InChI=1S/C13H19NO4S/c1-10-4-5-11(9-15)7-13(10)19(16,17)14-8-12-3-2-6-18-12/h4-5,7,12,14-15H,2-3,6,8-9H2,1H3. The van der Waals surface area contributed by atoms with Crippen molar-refractivity contribution in [2.24, 2.45) is 0 Å². The molecule has 1 aromatic carbocycles. The van der Waals surface area contributed by atoms with Crippen LogP contribution in [0, 0.1) is 6.92 Å². The van der Waals surface area contributed by atoms with Crippen LogP contribution >= 0.6 is 0 Å². The molecule has 0 aliphatic carbocycles. The first-order valence-electron chi connectivity index (χ1n) is 6.34. The van der Waals surface area contributed by atoms with Crippen molar-refractivity contribution in [2.75, 3.05) is 13.2 Å². The van der Waals surface area contributed by atoms with Crippen LogP contribution in [0.1, 0.15) is 24.0 Å². The highest BCUT2D eigenvalue weighted by atomic mass is 32.2. The van der Waals surface area contributed by atoms with E-state index in [2.05, 4.69) is 4.72 Å². The molecular formula is C13H19NO4S. The highest BCUT2D eigenvalue weighted by Crippen LogP contribution is 2.18. The van der Waals surface area contributed by atoms with Crippen molar-refractivity contribution >= 4 is 10.0 Å². The summed E-state index contributed by atoms with van der Waals surface area (Å²) in [5, 5.41) is 9.09. The minimum atomic E-state index is -3.55. The van der Waals surface area contributed by atoms with Gasteiger partial charge in [0.15, 0.2) is 0 Å². The van der Waals surface area contributed by atoms with E-state index < -0.39 is 10.0 Å². The van der Waals surface area contributed by atoms with Crippen LogP contribution in [-0.2, 0) is 21.4 Å². The highest BCUT2D eigenvalue weighted by molar-refractivity contribution is 7.89. The van der Waals surface area contributed by atoms with Gasteiger partial charge in [-0.1, -0.05) is 12.1 Å². The van der Waals surface area contributed by atoms with Crippen molar-refractivity contribution in [3.63, 3.8) is 0 Å². The van der Waals surface area contributed by atoms with Gasteiger partial charge in [0.2, 0.25) is 10.0 Å². The van der Waals surface area contributed by atoms with Crippen molar-refractivity contribution in [3.05, 3.63) is 29.3 Å². The molecule has 0 spiro atoms.